The Hall–Kier alpha value is -1.93. The lowest BCUT2D eigenvalue weighted by atomic mass is 9.56. The molecule has 4 aliphatic carbocycles. The fourth-order valence-corrected chi connectivity index (χ4v) is 4.71. The SMILES string of the molecule is C1C2CC3CC1CC(C2)C3.Nc1ccc(C(=O)N=C=O)cc1. The van der Waals surface area contributed by atoms with Crippen LogP contribution in [-0.4, -0.2) is 12.0 Å². The van der Waals surface area contributed by atoms with Crippen LogP contribution >= 0.6 is 0 Å². The third-order valence-electron chi connectivity index (χ3n) is 5.30. The second kappa shape index (κ2) is 6.45. The van der Waals surface area contributed by atoms with Crippen LogP contribution in [0.15, 0.2) is 29.3 Å². The Balaban J connectivity index is 0.000000132. The minimum atomic E-state index is -0.606. The van der Waals surface area contributed by atoms with Crippen LogP contribution < -0.4 is 5.73 Å². The maximum Gasteiger partial charge on any atom is 0.287 e. The van der Waals surface area contributed by atoms with Crippen LogP contribution in [0, 0.1) is 23.7 Å². The second-order valence-corrected chi connectivity index (χ2v) is 7.01. The number of nitrogen functional groups attached to an aromatic ring is 1. The zero-order valence-corrected chi connectivity index (χ0v) is 12.7. The predicted molar refractivity (Wildman–Crippen MR) is 85.0 cm³/mol. The number of hydrogen-bond donors (Lipinski definition) is 1. The first kappa shape index (κ1) is 15.0. The molecule has 0 radical (unpaired) electrons. The van der Waals surface area contributed by atoms with E-state index in [1.807, 2.05) is 0 Å². The summed E-state index contributed by atoms with van der Waals surface area (Å²) in [7, 11) is 0. The molecule has 22 heavy (non-hydrogen) atoms. The Labute approximate surface area is 130 Å². The van der Waals surface area contributed by atoms with Crippen LogP contribution in [0.25, 0.3) is 0 Å². The molecule has 1 aromatic carbocycles. The van der Waals surface area contributed by atoms with Crippen LogP contribution in [-0.2, 0) is 4.79 Å². The van der Waals surface area contributed by atoms with Gasteiger partial charge < -0.3 is 5.73 Å². The highest BCUT2D eigenvalue weighted by Gasteiger charge is 2.41. The maximum absolute atomic E-state index is 10.9. The van der Waals surface area contributed by atoms with Gasteiger partial charge >= 0.3 is 0 Å². The van der Waals surface area contributed by atoms with E-state index in [4.69, 9.17) is 5.73 Å². The number of nitrogens with two attached hydrogens (primary N) is 1. The number of carbonyl (C=O) groups is 1. The molecule has 1 aromatic rings. The number of amides is 1. The van der Waals surface area contributed by atoms with Gasteiger partial charge in [-0.2, -0.15) is 0 Å². The first-order valence-corrected chi connectivity index (χ1v) is 8.11. The molecule has 0 aromatic heterocycles. The number of carbonyl (C=O) groups excluding carboxylic acids is 2. The summed E-state index contributed by atoms with van der Waals surface area (Å²) < 4.78 is 0. The van der Waals surface area contributed by atoms with E-state index in [9.17, 15) is 9.59 Å². The van der Waals surface area contributed by atoms with Gasteiger partial charge in [0.15, 0.2) is 0 Å². The van der Waals surface area contributed by atoms with Gasteiger partial charge in [-0.1, -0.05) is 0 Å². The summed E-state index contributed by atoms with van der Waals surface area (Å²) in [5.41, 5.74) is 6.27. The molecule has 0 spiro atoms. The van der Waals surface area contributed by atoms with Gasteiger partial charge in [-0.3, -0.25) is 4.79 Å². The van der Waals surface area contributed by atoms with E-state index in [-0.39, 0.29) is 0 Å². The molecule has 1 amide bonds. The Bertz CT molecular complexity index is 531. The van der Waals surface area contributed by atoms with Gasteiger partial charge in [0.1, 0.15) is 0 Å². The topological polar surface area (TPSA) is 72.5 Å². The quantitative estimate of drug-likeness (QED) is 0.489. The molecule has 4 fully saturated rings. The van der Waals surface area contributed by atoms with Crippen molar-refractivity contribution in [1.29, 1.82) is 0 Å². The van der Waals surface area contributed by atoms with E-state index in [1.54, 1.807) is 50.7 Å². The van der Waals surface area contributed by atoms with Gasteiger partial charge in [0.05, 0.1) is 0 Å². The van der Waals surface area contributed by atoms with Gasteiger partial charge in [0.25, 0.3) is 5.91 Å². The number of hydrogen-bond acceptors (Lipinski definition) is 3. The minimum Gasteiger partial charge on any atom is -0.399 e. The molecule has 0 heterocycles. The molecule has 0 atom stereocenters. The normalized spacial score (nSPS) is 30.9. The standard InChI is InChI=1S/C10H16.C8H6N2O2/c1-7-2-9-4-8(1)5-10(3-7)6-9;9-7-3-1-6(2-4-7)8(12)10-5-11/h7-10H,1-6H2;1-4H,9H2. The minimum absolute atomic E-state index is 0.326. The van der Waals surface area contributed by atoms with E-state index in [1.165, 1.54) is 41.9 Å². The summed E-state index contributed by atoms with van der Waals surface area (Å²) in [6, 6.07) is 6.12. The molecule has 0 aliphatic heterocycles. The summed E-state index contributed by atoms with van der Waals surface area (Å²) >= 11 is 0. The van der Waals surface area contributed by atoms with Crippen molar-refractivity contribution < 1.29 is 9.59 Å². The lowest BCUT2D eigenvalue weighted by Crippen LogP contribution is -2.38. The van der Waals surface area contributed by atoms with Crippen LogP contribution in [0.1, 0.15) is 48.9 Å². The summed E-state index contributed by atoms with van der Waals surface area (Å²) in [5, 5.41) is 0. The first-order chi connectivity index (χ1) is 10.6. The van der Waals surface area contributed by atoms with E-state index in [0.29, 0.717) is 11.3 Å². The molecular weight excluding hydrogens is 276 g/mol. The second-order valence-electron chi connectivity index (χ2n) is 7.01. The molecule has 4 heteroatoms. The van der Waals surface area contributed by atoms with Gasteiger partial charge in [-0.05, 0) is 86.5 Å². The number of rotatable bonds is 1. The monoisotopic (exact) mass is 298 g/mol. The zero-order valence-electron chi connectivity index (χ0n) is 12.7. The Kier molecular flexibility index (Phi) is 4.39. The Morgan fingerprint density at radius 2 is 1.32 bits per heavy atom. The zero-order chi connectivity index (χ0) is 15.5. The van der Waals surface area contributed by atoms with Crippen LogP contribution in [0.3, 0.4) is 0 Å². The van der Waals surface area contributed by atoms with Crippen molar-refractivity contribution in [2.24, 2.45) is 28.7 Å². The van der Waals surface area contributed by atoms with Crippen molar-refractivity contribution >= 4 is 17.7 Å². The third-order valence-corrected chi connectivity index (χ3v) is 5.30. The molecule has 0 unspecified atom stereocenters. The average Bonchev–Trinajstić information content (AvgIpc) is 2.47. The predicted octanol–water partition coefficient (Wildman–Crippen LogP) is 3.58. The Morgan fingerprint density at radius 1 is 0.909 bits per heavy atom. The third kappa shape index (κ3) is 3.45. The van der Waals surface area contributed by atoms with Crippen molar-refractivity contribution in [1.82, 2.24) is 0 Å². The van der Waals surface area contributed by atoms with Crippen LogP contribution in [0.5, 0.6) is 0 Å². The van der Waals surface area contributed by atoms with E-state index >= 15 is 0 Å². The maximum atomic E-state index is 10.9. The highest BCUT2D eigenvalue weighted by atomic mass is 16.2. The van der Waals surface area contributed by atoms with Crippen molar-refractivity contribution in [3.63, 3.8) is 0 Å². The number of benzene rings is 1. The van der Waals surface area contributed by atoms with E-state index < -0.39 is 5.91 Å². The molecule has 4 bridgehead atoms. The van der Waals surface area contributed by atoms with E-state index in [0.717, 1.165) is 0 Å². The van der Waals surface area contributed by atoms with Crippen LogP contribution in [0.2, 0.25) is 0 Å². The summed E-state index contributed by atoms with van der Waals surface area (Å²) in [5.74, 6) is 4.10. The number of isocyanates is 1. The van der Waals surface area contributed by atoms with Gasteiger partial charge in [0.2, 0.25) is 6.08 Å². The van der Waals surface area contributed by atoms with Crippen molar-refractivity contribution in [2.75, 3.05) is 5.73 Å². The largest absolute Gasteiger partial charge is 0.399 e. The molecule has 4 nitrogen and oxygen atoms in total. The Morgan fingerprint density at radius 3 is 1.68 bits per heavy atom. The molecule has 4 aliphatic rings. The number of nitrogens with zero attached hydrogens (tertiary/aromatic N) is 1. The van der Waals surface area contributed by atoms with Gasteiger partial charge in [0, 0.05) is 11.3 Å². The number of anilines is 1. The smallest absolute Gasteiger partial charge is 0.287 e. The van der Waals surface area contributed by atoms with Crippen molar-refractivity contribution in [3.8, 4) is 0 Å². The fourth-order valence-electron chi connectivity index (χ4n) is 4.71. The molecule has 5 rings (SSSR count). The molecule has 4 saturated carbocycles. The van der Waals surface area contributed by atoms with E-state index in [2.05, 4.69) is 4.99 Å². The van der Waals surface area contributed by atoms with Crippen molar-refractivity contribution in [3.05, 3.63) is 29.8 Å². The summed E-state index contributed by atoms with van der Waals surface area (Å²) in [6.07, 6.45) is 10.8. The van der Waals surface area contributed by atoms with Crippen molar-refractivity contribution in [2.45, 2.75) is 38.5 Å². The fraction of sp³-hybridized carbons (Fsp3) is 0.556. The summed E-state index contributed by atoms with van der Waals surface area (Å²) in [6.45, 7) is 0. The van der Waals surface area contributed by atoms with Gasteiger partial charge in [-0.15, -0.1) is 4.99 Å². The lowest BCUT2D eigenvalue weighted by Gasteiger charge is -2.49. The first-order valence-electron chi connectivity index (χ1n) is 8.11. The average molecular weight is 298 g/mol. The molecular formula is C18H22N2O2. The highest BCUT2D eigenvalue weighted by molar-refractivity contribution is 5.97. The molecule has 116 valence electrons. The molecule has 2 N–H and O–H groups in total. The molecule has 0 saturated heterocycles. The lowest BCUT2D eigenvalue weighted by molar-refractivity contribution is 0.0198. The highest BCUT2D eigenvalue weighted by Crippen LogP contribution is 2.53. The number of aliphatic imine (C=N–C) groups is 1. The summed E-state index contributed by atoms with van der Waals surface area (Å²) in [4.78, 5) is 23.5. The van der Waals surface area contributed by atoms with Gasteiger partial charge in [-0.25, -0.2) is 4.79 Å². The van der Waals surface area contributed by atoms with Crippen LogP contribution in [0.4, 0.5) is 5.69 Å².